The number of rotatable bonds is 6. The van der Waals surface area contributed by atoms with Crippen LogP contribution in [0.5, 0.6) is 0 Å². The van der Waals surface area contributed by atoms with Gasteiger partial charge < -0.3 is 14.3 Å². The predicted octanol–water partition coefficient (Wildman–Crippen LogP) is 6.95. The molecule has 2 aromatic rings. The number of hydrogen-bond acceptors (Lipinski definition) is 8. The molecule has 0 saturated heterocycles. The van der Waals surface area contributed by atoms with E-state index in [9.17, 15) is 37.5 Å². The smallest absolute Gasteiger partial charge is 0.416 e. The van der Waals surface area contributed by atoms with Crippen molar-refractivity contribution in [2.45, 2.75) is 70.0 Å². The van der Waals surface area contributed by atoms with E-state index in [4.69, 9.17) is 9.15 Å². The number of thioether (sulfide) groups is 1. The molecule has 8 atom stereocenters. The third kappa shape index (κ3) is 4.88. The van der Waals surface area contributed by atoms with Crippen LogP contribution in [-0.2, 0) is 20.5 Å². The Morgan fingerprint density at radius 1 is 1.11 bits per heavy atom. The number of carbonyl (C=O) groups excluding carboxylic acids is 4. The second kappa shape index (κ2) is 11.3. The van der Waals surface area contributed by atoms with E-state index >= 15 is 4.39 Å². The van der Waals surface area contributed by atoms with E-state index in [1.165, 1.54) is 36.6 Å². The van der Waals surface area contributed by atoms with Crippen molar-refractivity contribution in [2.24, 2.45) is 28.6 Å². The number of ketones is 2. The second-order valence-corrected chi connectivity index (χ2v) is 14.5. The number of hydrogen-bond donors (Lipinski definition) is 1. The van der Waals surface area contributed by atoms with Crippen molar-refractivity contribution < 1.29 is 51.0 Å². The van der Waals surface area contributed by atoms with Crippen molar-refractivity contribution in [3.05, 3.63) is 83.3 Å². The zero-order valence-electron chi connectivity index (χ0n) is 25.9. The van der Waals surface area contributed by atoms with Gasteiger partial charge in [-0.1, -0.05) is 49.4 Å². The second-order valence-electron chi connectivity index (χ2n) is 13.6. The van der Waals surface area contributed by atoms with Gasteiger partial charge in [0.05, 0.1) is 23.7 Å². The van der Waals surface area contributed by atoms with Crippen LogP contribution in [0.4, 0.5) is 17.6 Å². The number of benzene rings is 1. The molecule has 0 radical (unpaired) electrons. The van der Waals surface area contributed by atoms with Crippen molar-refractivity contribution in [1.82, 2.24) is 0 Å². The number of Topliss-reactive ketones (excluding diaryl/α,β-unsaturated/α-hetero) is 1. The molecule has 3 fully saturated rings. The molecule has 250 valence electrons. The Morgan fingerprint density at radius 2 is 1.81 bits per heavy atom. The van der Waals surface area contributed by atoms with Crippen LogP contribution >= 0.6 is 11.8 Å². The first-order valence-corrected chi connectivity index (χ1v) is 16.4. The SMILES string of the molecule is C[C@@H]1C[C@H]2[C@@H]3CCC4=CC(=O)C=C[C@]4(C)[C@@]3(F)[C@@H](O)C[C@]2(C)[C@@]1(OC(=O)c1ccco1)C(=O)SCC(=O)c1ccc(C(F)(F)F)cc1. The van der Waals surface area contributed by atoms with Crippen LogP contribution in [0.3, 0.4) is 0 Å². The zero-order valence-corrected chi connectivity index (χ0v) is 26.8. The summed E-state index contributed by atoms with van der Waals surface area (Å²) in [5, 5.41) is 11.1. The molecule has 1 N–H and O–H groups in total. The number of esters is 1. The van der Waals surface area contributed by atoms with Gasteiger partial charge in [0, 0.05) is 28.2 Å². The van der Waals surface area contributed by atoms with Crippen LogP contribution in [-0.4, -0.2) is 50.9 Å². The topological polar surface area (TPSA) is 111 Å². The molecular weight excluding hydrogens is 640 g/mol. The maximum atomic E-state index is 17.7. The third-order valence-electron chi connectivity index (χ3n) is 11.3. The van der Waals surface area contributed by atoms with Gasteiger partial charge in [0.2, 0.25) is 10.9 Å². The van der Waals surface area contributed by atoms with Crippen LogP contribution in [0.15, 0.2) is 70.9 Å². The number of alkyl halides is 4. The lowest BCUT2D eigenvalue weighted by atomic mass is 9.45. The first kappa shape index (κ1) is 33.4. The van der Waals surface area contributed by atoms with Crippen molar-refractivity contribution in [2.75, 3.05) is 5.75 Å². The highest BCUT2D eigenvalue weighted by molar-refractivity contribution is 8.14. The Labute approximate surface area is 272 Å². The minimum atomic E-state index is -4.58. The number of furan rings is 1. The van der Waals surface area contributed by atoms with Crippen molar-refractivity contribution in [3.8, 4) is 0 Å². The monoisotopic (exact) mass is 674 g/mol. The van der Waals surface area contributed by atoms with Crippen LogP contribution in [0.2, 0.25) is 0 Å². The molecule has 0 aliphatic heterocycles. The lowest BCUT2D eigenvalue weighted by molar-refractivity contribution is -0.216. The molecule has 3 saturated carbocycles. The van der Waals surface area contributed by atoms with Crippen molar-refractivity contribution >= 4 is 34.4 Å². The van der Waals surface area contributed by atoms with Crippen LogP contribution in [0, 0.1) is 28.6 Å². The van der Waals surface area contributed by atoms with Gasteiger partial charge in [0.1, 0.15) is 0 Å². The standard InChI is InChI=1S/C35H34F4O7S/c1-19-15-25-24-11-10-22-16-23(40)12-13-31(22,2)33(24,36)28(42)17-32(25,3)34(19,46-29(43)27-5-4-14-45-27)30(44)47-18-26(41)20-6-8-21(9-7-20)35(37,38)39/h4-9,12-14,16,19,24-25,28,42H,10-11,15,17-18H2,1-3H3/t19-,24+,25+,28+,31+,32+,33+,34+/m1/s1. The number of fused-ring (bicyclic) bond motifs is 5. The Kier molecular flexibility index (Phi) is 8.02. The van der Waals surface area contributed by atoms with E-state index in [-0.39, 0.29) is 29.9 Å². The fourth-order valence-corrected chi connectivity index (χ4v) is 10.1. The number of ether oxygens (including phenoxy) is 1. The molecule has 47 heavy (non-hydrogen) atoms. The number of carbonyl (C=O) groups is 4. The molecule has 7 nitrogen and oxygen atoms in total. The highest BCUT2D eigenvalue weighted by Gasteiger charge is 2.77. The zero-order chi connectivity index (χ0) is 34.2. The Morgan fingerprint density at radius 3 is 2.45 bits per heavy atom. The highest BCUT2D eigenvalue weighted by atomic mass is 32.2. The molecule has 0 unspecified atom stereocenters. The summed E-state index contributed by atoms with van der Waals surface area (Å²) >= 11 is 0.578. The Balaban J connectivity index is 1.35. The molecule has 1 aromatic heterocycles. The maximum Gasteiger partial charge on any atom is 0.416 e. The maximum absolute atomic E-state index is 17.7. The first-order chi connectivity index (χ1) is 22.0. The fraction of sp³-hybridized carbons (Fsp3) is 0.486. The number of aliphatic hydroxyl groups excluding tert-OH is 1. The summed E-state index contributed by atoms with van der Waals surface area (Å²) in [5.41, 5.74) is -7.02. The van der Waals surface area contributed by atoms with Crippen molar-refractivity contribution in [3.63, 3.8) is 0 Å². The van der Waals surface area contributed by atoms with Gasteiger partial charge in [-0.2, -0.15) is 13.2 Å². The van der Waals surface area contributed by atoms with Gasteiger partial charge >= 0.3 is 12.1 Å². The minimum absolute atomic E-state index is 0.0304. The summed E-state index contributed by atoms with van der Waals surface area (Å²) < 4.78 is 68.2. The van der Waals surface area contributed by atoms with Gasteiger partial charge in [0.25, 0.3) is 0 Å². The summed E-state index contributed by atoms with van der Waals surface area (Å²) in [4.78, 5) is 53.2. The number of halogens is 4. The largest absolute Gasteiger partial charge is 0.457 e. The molecular formula is C35H34F4O7S. The highest BCUT2D eigenvalue weighted by Crippen LogP contribution is 2.72. The van der Waals surface area contributed by atoms with Gasteiger partial charge in [-0.05, 0) is 74.9 Å². The van der Waals surface area contributed by atoms with E-state index in [0.717, 1.165) is 24.3 Å². The lowest BCUT2D eigenvalue weighted by Gasteiger charge is -2.62. The number of aliphatic hydroxyl groups is 1. The van der Waals surface area contributed by atoms with Crippen molar-refractivity contribution in [1.29, 1.82) is 0 Å². The Hall–Kier alpha value is -3.51. The van der Waals surface area contributed by atoms with E-state index in [1.807, 2.05) is 0 Å². The average molecular weight is 675 g/mol. The molecule has 0 spiro atoms. The lowest BCUT2D eigenvalue weighted by Crippen LogP contribution is -2.69. The molecule has 4 aliphatic rings. The minimum Gasteiger partial charge on any atom is -0.457 e. The fourth-order valence-electron chi connectivity index (χ4n) is 8.98. The van der Waals surface area contributed by atoms with Gasteiger partial charge in [-0.25, -0.2) is 9.18 Å². The molecule has 0 bridgehead atoms. The quantitative estimate of drug-likeness (QED) is 0.199. The van der Waals surface area contributed by atoms with Gasteiger partial charge in [-0.3, -0.25) is 14.4 Å². The van der Waals surface area contributed by atoms with Crippen LogP contribution in [0.25, 0.3) is 0 Å². The predicted molar refractivity (Wildman–Crippen MR) is 163 cm³/mol. The molecule has 6 rings (SSSR count). The van der Waals surface area contributed by atoms with Gasteiger partial charge in [-0.15, -0.1) is 0 Å². The van der Waals surface area contributed by atoms with E-state index in [0.29, 0.717) is 30.2 Å². The van der Waals surface area contributed by atoms with E-state index in [1.54, 1.807) is 20.8 Å². The summed E-state index contributed by atoms with van der Waals surface area (Å²) in [6.07, 6.45) is 0.0424. The van der Waals surface area contributed by atoms with E-state index in [2.05, 4.69) is 0 Å². The molecule has 1 heterocycles. The van der Waals surface area contributed by atoms with Crippen LogP contribution in [0.1, 0.15) is 72.9 Å². The van der Waals surface area contributed by atoms with E-state index < -0.39 is 80.3 Å². The summed E-state index contributed by atoms with van der Waals surface area (Å²) in [7, 11) is 0. The van der Waals surface area contributed by atoms with Gasteiger partial charge in [0.15, 0.2) is 22.8 Å². The summed E-state index contributed by atoms with van der Waals surface area (Å²) in [5.74, 6) is -4.42. The average Bonchev–Trinajstić information content (AvgIpc) is 3.63. The molecule has 1 aromatic carbocycles. The number of allylic oxidation sites excluding steroid dienone is 4. The summed E-state index contributed by atoms with van der Waals surface area (Å²) in [6, 6.07) is 6.49. The molecule has 0 amide bonds. The first-order valence-electron chi connectivity index (χ1n) is 15.4. The summed E-state index contributed by atoms with van der Waals surface area (Å²) in [6.45, 7) is 5.11. The van der Waals surface area contributed by atoms with Crippen LogP contribution < -0.4 is 0 Å². The normalized spacial score (nSPS) is 36.2. The molecule has 12 heteroatoms. The third-order valence-corrected chi connectivity index (χ3v) is 12.3. The Bertz CT molecular complexity index is 1680. The molecule has 4 aliphatic carbocycles.